The van der Waals surface area contributed by atoms with Crippen LogP contribution in [0.25, 0.3) is 0 Å². The summed E-state index contributed by atoms with van der Waals surface area (Å²) in [5.74, 6) is -0.917. The van der Waals surface area contributed by atoms with Crippen LogP contribution < -0.4 is 9.62 Å². The van der Waals surface area contributed by atoms with Crippen molar-refractivity contribution < 1.29 is 18.0 Å². The lowest BCUT2D eigenvalue weighted by molar-refractivity contribution is -0.139. The minimum atomic E-state index is -3.87. The van der Waals surface area contributed by atoms with Gasteiger partial charge in [-0.1, -0.05) is 53.9 Å². The molecule has 2 amide bonds. The van der Waals surface area contributed by atoms with Gasteiger partial charge in [0.15, 0.2) is 0 Å². The van der Waals surface area contributed by atoms with Crippen molar-refractivity contribution in [3.63, 3.8) is 0 Å². The van der Waals surface area contributed by atoms with Crippen molar-refractivity contribution >= 4 is 62.3 Å². The fraction of sp³-hybridized carbons (Fsp3) is 0.364. The predicted molar refractivity (Wildman–Crippen MR) is 133 cm³/mol. The highest BCUT2D eigenvalue weighted by molar-refractivity contribution is 7.92. The molecule has 0 aliphatic heterocycles. The zero-order valence-electron chi connectivity index (χ0n) is 18.5. The highest BCUT2D eigenvalue weighted by Crippen LogP contribution is 2.27. The van der Waals surface area contributed by atoms with Gasteiger partial charge in [0, 0.05) is 28.2 Å². The third kappa shape index (κ3) is 8.07. The molecule has 1 N–H and O–H groups in total. The number of nitrogens with one attached hydrogen (secondary N) is 1. The van der Waals surface area contributed by atoms with Crippen LogP contribution in [0.1, 0.15) is 25.8 Å². The van der Waals surface area contributed by atoms with Crippen molar-refractivity contribution in [2.45, 2.75) is 32.9 Å². The molecule has 2 rings (SSSR count). The molecule has 0 bridgehead atoms. The molecule has 0 saturated carbocycles. The van der Waals surface area contributed by atoms with E-state index in [1.807, 2.05) is 6.92 Å². The van der Waals surface area contributed by atoms with Gasteiger partial charge in [0.05, 0.1) is 11.9 Å². The maximum absolute atomic E-state index is 13.4. The summed E-state index contributed by atoms with van der Waals surface area (Å²) in [6.07, 6.45) is 1.71. The topological polar surface area (TPSA) is 86.8 Å². The zero-order valence-corrected chi connectivity index (χ0v) is 21.6. The lowest BCUT2D eigenvalue weighted by Gasteiger charge is -2.31. The lowest BCUT2D eigenvalue weighted by atomic mass is 10.1. The number of halogens is 3. The van der Waals surface area contributed by atoms with Gasteiger partial charge in [-0.3, -0.25) is 13.9 Å². The van der Waals surface area contributed by atoms with Gasteiger partial charge in [-0.2, -0.15) is 0 Å². The van der Waals surface area contributed by atoms with Gasteiger partial charge in [0.1, 0.15) is 12.6 Å². The summed E-state index contributed by atoms with van der Waals surface area (Å²) in [5, 5.41) is 3.70. The van der Waals surface area contributed by atoms with Crippen LogP contribution >= 0.6 is 34.8 Å². The predicted octanol–water partition coefficient (Wildman–Crippen LogP) is 4.36. The molecular weight excluding hydrogens is 509 g/mol. The summed E-state index contributed by atoms with van der Waals surface area (Å²) in [7, 11) is -3.87. The van der Waals surface area contributed by atoms with Crippen molar-refractivity contribution in [1.29, 1.82) is 0 Å². The molecule has 0 radical (unpaired) electrons. The molecule has 0 unspecified atom stereocenters. The highest BCUT2D eigenvalue weighted by atomic mass is 35.5. The summed E-state index contributed by atoms with van der Waals surface area (Å²) in [5.41, 5.74) is 0.844. The molecule has 0 fully saturated rings. The maximum atomic E-state index is 13.4. The normalized spacial score (nSPS) is 12.2. The fourth-order valence-electron chi connectivity index (χ4n) is 3.11. The molecule has 0 saturated heterocycles. The zero-order chi connectivity index (χ0) is 24.8. The van der Waals surface area contributed by atoms with Crippen LogP contribution in [-0.4, -0.2) is 50.5 Å². The average molecular weight is 535 g/mol. The van der Waals surface area contributed by atoms with Gasteiger partial charge >= 0.3 is 0 Å². The Labute approximate surface area is 209 Å². The van der Waals surface area contributed by atoms with E-state index in [1.165, 1.54) is 23.1 Å². The number of nitrogens with zero attached hydrogens (tertiary/aromatic N) is 2. The van der Waals surface area contributed by atoms with E-state index >= 15 is 0 Å². The first-order valence-electron chi connectivity index (χ1n) is 10.2. The van der Waals surface area contributed by atoms with E-state index < -0.39 is 28.5 Å². The Hall–Kier alpha value is -2.00. The van der Waals surface area contributed by atoms with Crippen molar-refractivity contribution in [3.8, 4) is 0 Å². The van der Waals surface area contributed by atoms with Gasteiger partial charge in [-0.05, 0) is 49.2 Å². The molecule has 0 aliphatic carbocycles. The highest BCUT2D eigenvalue weighted by Gasteiger charge is 2.30. The van der Waals surface area contributed by atoms with E-state index in [-0.39, 0.29) is 28.2 Å². The van der Waals surface area contributed by atoms with E-state index in [0.29, 0.717) is 17.1 Å². The maximum Gasteiger partial charge on any atom is 0.244 e. The van der Waals surface area contributed by atoms with Crippen molar-refractivity contribution in [2.24, 2.45) is 0 Å². The molecule has 0 heterocycles. The molecule has 0 aliphatic rings. The molecule has 1 atom stereocenters. The number of hydrogen-bond donors (Lipinski definition) is 1. The molecule has 33 heavy (non-hydrogen) atoms. The van der Waals surface area contributed by atoms with Crippen LogP contribution in [0.3, 0.4) is 0 Å². The first-order valence-corrected chi connectivity index (χ1v) is 13.2. The molecule has 7 nitrogen and oxygen atoms in total. The van der Waals surface area contributed by atoms with Crippen molar-refractivity contribution in [2.75, 3.05) is 23.7 Å². The third-order valence-corrected chi connectivity index (χ3v) is 6.59. The number of carbonyl (C=O) groups is 2. The number of amides is 2. The molecule has 0 spiro atoms. The van der Waals surface area contributed by atoms with Crippen LogP contribution in [0.2, 0.25) is 15.1 Å². The van der Waals surface area contributed by atoms with Gasteiger partial charge < -0.3 is 10.2 Å². The van der Waals surface area contributed by atoms with E-state index in [2.05, 4.69) is 5.32 Å². The Morgan fingerprint density at radius 3 is 2.21 bits per heavy atom. The summed E-state index contributed by atoms with van der Waals surface area (Å²) in [4.78, 5) is 27.4. The van der Waals surface area contributed by atoms with Crippen molar-refractivity contribution in [3.05, 3.63) is 63.1 Å². The van der Waals surface area contributed by atoms with Crippen LogP contribution in [0.15, 0.2) is 42.5 Å². The molecule has 2 aromatic carbocycles. The smallest absolute Gasteiger partial charge is 0.244 e. The largest absolute Gasteiger partial charge is 0.354 e. The van der Waals surface area contributed by atoms with Gasteiger partial charge in [-0.15, -0.1) is 0 Å². The number of rotatable bonds is 10. The number of sulfonamides is 1. The average Bonchev–Trinajstić information content (AvgIpc) is 2.71. The second-order valence-corrected chi connectivity index (χ2v) is 10.7. The standard InChI is InChI=1S/C22H26Cl3N3O4S/c1-4-8-26-22(30)15(2)27(13-16-6-5-7-17(23)9-16)21(29)14-28(33(3,31)32)20-11-18(24)10-19(25)12-20/h5-7,9-12,15H,4,8,13-14H2,1-3H3,(H,26,30)/t15-/m0/s1. The summed E-state index contributed by atoms with van der Waals surface area (Å²) < 4.78 is 26.0. The summed E-state index contributed by atoms with van der Waals surface area (Å²) in [6.45, 7) is 3.49. The molecule has 0 aromatic heterocycles. The first-order chi connectivity index (χ1) is 15.4. The van der Waals surface area contributed by atoms with Crippen molar-refractivity contribution in [1.82, 2.24) is 10.2 Å². The van der Waals surface area contributed by atoms with Gasteiger partial charge in [0.2, 0.25) is 21.8 Å². The Kier molecular flexibility index (Phi) is 9.84. The molecular formula is C22H26Cl3N3O4S. The monoisotopic (exact) mass is 533 g/mol. The number of carbonyl (C=O) groups excluding carboxylic acids is 2. The Bertz CT molecular complexity index is 1090. The second-order valence-electron chi connectivity index (χ2n) is 7.52. The number of hydrogen-bond acceptors (Lipinski definition) is 4. The minimum Gasteiger partial charge on any atom is -0.354 e. The SMILES string of the molecule is CCCNC(=O)[C@H](C)N(Cc1cccc(Cl)c1)C(=O)CN(c1cc(Cl)cc(Cl)c1)S(C)(=O)=O. The third-order valence-electron chi connectivity index (χ3n) is 4.77. The minimum absolute atomic E-state index is 0.0635. The van der Waals surface area contributed by atoms with E-state index in [9.17, 15) is 18.0 Å². The van der Waals surface area contributed by atoms with E-state index in [4.69, 9.17) is 34.8 Å². The Balaban J connectivity index is 2.40. The van der Waals surface area contributed by atoms with Gasteiger partial charge in [-0.25, -0.2) is 8.42 Å². The van der Waals surface area contributed by atoms with Crippen LogP contribution in [0, 0.1) is 0 Å². The molecule has 2 aromatic rings. The molecule has 11 heteroatoms. The fourth-order valence-corrected chi connectivity index (χ4v) is 4.67. The molecule has 180 valence electrons. The number of anilines is 1. The Morgan fingerprint density at radius 2 is 1.67 bits per heavy atom. The lowest BCUT2D eigenvalue weighted by Crippen LogP contribution is -2.51. The van der Waals surface area contributed by atoms with E-state index in [0.717, 1.165) is 17.0 Å². The number of benzene rings is 2. The van der Waals surface area contributed by atoms with Crippen LogP contribution in [0.5, 0.6) is 0 Å². The Morgan fingerprint density at radius 1 is 1.03 bits per heavy atom. The second kappa shape index (κ2) is 11.9. The van der Waals surface area contributed by atoms with Gasteiger partial charge in [0.25, 0.3) is 0 Å². The van der Waals surface area contributed by atoms with E-state index in [1.54, 1.807) is 31.2 Å². The summed E-state index contributed by atoms with van der Waals surface area (Å²) >= 11 is 18.2. The summed E-state index contributed by atoms with van der Waals surface area (Å²) in [6, 6.07) is 10.3. The van der Waals surface area contributed by atoms with Crippen LogP contribution in [-0.2, 0) is 26.2 Å². The first kappa shape index (κ1) is 27.2. The quantitative estimate of drug-likeness (QED) is 0.491. The van der Waals surface area contributed by atoms with Crippen LogP contribution in [0.4, 0.5) is 5.69 Å².